The summed E-state index contributed by atoms with van der Waals surface area (Å²) in [7, 11) is 4.03. The van der Waals surface area contributed by atoms with Gasteiger partial charge in [-0.05, 0) is 53.2 Å². The van der Waals surface area contributed by atoms with E-state index in [0.717, 1.165) is 19.1 Å². The average Bonchev–Trinajstić information content (AvgIpc) is 2.27. The van der Waals surface area contributed by atoms with Crippen molar-refractivity contribution in [2.24, 2.45) is 0 Å². The number of methoxy groups -OCH3 is 1. The van der Waals surface area contributed by atoms with Crippen LogP contribution in [0.4, 0.5) is 0 Å². The summed E-state index contributed by atoms with van der Waals surface area (Å²) in [5.41, 5.74) is -0.0432. The minimum Gasteiger partial charge on any atom is -0.377 e. The summed E-state index contributed by atoms with van der Waals surface area (Å²) < 4.78 is 5.38. The molecule has 0 bridgehead atoms. The standard InChI is InChI=1S/C13H28N2O/c1-13(2,16-4)11-14-9-8-12-7-5-6-10-15(12)3/h12,14H,5-11H2,1-4H3. The topological polar surface area (TPSA) is 24.5 Å². The highest BCUT2D eigenvalue weighted by molar-refractivity contribution is 4.76. The second-order valence-electron chi connectivity index (χ2n) is 5.56. The second-order valence-corrected chi connectivity index (χ2v) is 5.56. The zero-order valence-electron chi connectivity index (χ0n) is 11.4. The Morgan fingerprint density at radius 2 is 2.12 bits per heavy atom. The molecule has 3 heteroatoms. The van der Waals surface area contributed by atoms with Crippen LogP contribution in [0.1, 0.15) is 39.5 Å². The molecule has 1 rings (SSSR count). The number of nitrogens with zero attached hydrogens (tertiary/aromatic N) is 1. The Balaban J connectivity index is 2.10. The van der Waals surface area contributed by atoms with E-state index in [-0.39, 0.29) is 5.60 Å². The highest BCUT2D eigenvalue weighted by atomic mass is 16.5. The maximum atomic E-state index is 5.38. The molecule has 16 heavy (non-hydrogen) atoms. The van der Waals surface area contributed by atoms with Gasteiger partial charge in [0.2, 0.25) is 0 Å². The lowest BCUT2D eigenvalue weighted by molar-refractivity contribution is 0.0229. The minimum absolute atomic E-state index is 0.0432. The van der Waals surface area contributed by atoms with Gasteiger partial charge >= 0.3 is 0 Å². The molecule has 1 saturated heterocycles. The fourth-order valence-corrected chi connectivity index (χ4v) is 2.24. The molecule has 1 aliphatic heterocycles. The van der Waals surface area contributed by atoms with Crippen LogP contribution in [0.25, 0.3) is 0 Å². The van der Waals surface area contributed by atoms with Crippen LogP contribution in [-0.4, -0.2) is 50.3 Å². The SMILES string of the molecule is COC(C)(C)CNCCC1CCCCN1C. The number of likely N-dealkylation sites (tertiary alicyclic amines) is 1. The largest absolute Gasteiger partial charge is 0.377 e. The van der Waals surface area contributed by atoms with Crippen LogP contribution < -0.4 is 5.32 Å². The van der Waals surface area contributed by atoms with Gasteiger partial charge in [0, 0.05) is 19.7 Å². The van der Waals surface area contributed by atoms with Crippen molar-refractivity contribution in [2.75, 3.05) is 33.8 Å². The Kier molecular flexibility index (Phi) is 5.73. The minimum atomic E-state index is -0.0432. The molecule has 1 atom stereocenters. The fourth-order valence-electron chi connectivity index (χ4n) is 2.24. The van der Waals surface area contributed by atoms with E-state index in [1.165, 1.54) is 32.2 Å². The van der Waals surface area contributed by atoms with Crippen LogP contribution in [0, 0.1) is 0 Å². The van der Waals surface area contributed by atoms with Gasteiger partial charge in [0.05, 0.1) is 5.60 Å². The quantitative estimate of drug-likeness (QED) is 0.703. The van der Waals surface area contributed by atoms with Gasteiger partial charge in [-0.3, -0.25) is 0 Å². The van der Waals surface area contributed by atoms with Crippen LogP contribution in [0.5, 0.6) is 0 Å². The molecule has 1 unspecified atom stereocenters. The maximum Gasteiger partial charge on any atom is 0.0746 e. The van der Waals surface area contributed by atoms with Gasteiger partial charge in [-0.2, -0.15) is 0 Å². The lowest BCUT2D eigenvalue weighted by Crippen LogP contribution is -2.41. The molecule has 1 heterocycles. The van der Waals surface area contributed by atoms with Gasteiger partial charge in [0.25, 0.3) is 0 Å². The molecule has 1 fully saturated rings. The Hall–Kier alpha value is -0.120. The molecule has 0 aliphatic carbocycles. The van der Waals surface area contributed by atoms with Gasteiger partial charge in [-0.15, -0.1) is 0 Å². The summed E-state index contributed by atoms with van der Waals surface area (Å²) in [5.74, 6) is 0. The van der Waals surface area contributed by atoms with Crippen LogP contribution in [0.2, 0.25) is 0 Å². The molecule has 1 aliphatic rings. The third-order valence-corrected chi connectivity index (χ3v) is 3.68. The Labute approximate surface area is 101 Å². The van der Waals surface area contributed by atoms with Gasteiger partial charge in [-0.1, -0.05) is 6.42 Å². The van der Waals surface area contributed by atoms with Crippen LogP contribution in [0.3, 0.4) is 0 Å². The first kappa shape index (κ1) is 13.9. The van der Waals surface area contributed by atoms with E-state index < -0.39 is 0 Å². The highest BCUT2D eigenvalue weighted by Gasteiger charge is 2.19. The van der Waals surface area contributed by atoms with E-state index in [9.17, 15) is 0 Å². The Bertz CT molecular complexity index is 194. The summed E-state index contributed by atoms with van der Waals surface area (Å²) in [4.78, 5) is 2.51. The monoisotopic (exact) mass is 228 g/mol. The maximum absolute atomic E-state index is 5.38. The van der Waals surface area contributed by atoms with Crippen molar-refractivity contribution in [3.63, 3.8) is 0 Å². The number of rotatable bonds is 6. The molecular weight excluding hydrogens is 200 g/mol. The number of ether oxygens (including phenoxy) is 1. The molecule has 3 nitrogen and oxygen atoms in total. The van der Waals surface area contributed by atoms with Crippen LogP contribution >= 0.6 is 0 Å². The zero-order chi connectivity index (χ0) is 12.0. The van der Waals surface area contributed by atoms with Gasteiger partial charge in [-0.25, -0.2) is 0 Å². The highest BCUT2D eigenvalue weighted by Crippen LogP contribution is 2.17. The third-order valence-electron chi connectivity index (χ3n) is 3.68. The van der Waals surface area contributed by atoms with E-state index >= 15 is 0 Å². The Morgan fingerprint density at radius 1 is 1.38 bits per heavy atom. The molecular formula is C13H28N2O. The summed E-state index contributed by atoms with van der Waals surface area (Å²) >= 11 is 0. The van der Waals surface area contributed by atoms with Gasteiger partial charge in [0.15, 0.2) is 0 Å². The normalized spacial score (nSPS) is 23.6. The van der Waals surface area contributed by atoms with E-state index in [1.807, 2.05) is 0 Å². The summed E-state index contributed by atoms with van der Waals surface area (Å²) in [6.07, 6.45) is 5.40. The predicted molar refractivity (Wildman–Crippen MR) is 68.8 cm³/mol. The predicted octanol–water partition coefficient (Wildman–Crippen LogP) is 1.88. The van der Waals surface area contributed by atoms with E-state index in [4.69, 9.17) is 4.74 Å². The lowest BCUT2D eigenvalue weighted by atomic mass is 10.00. The number of nitrogens with one attached hydrogen (secondary N) is 1. The molecule has 0 amide bonds. The fraction of sp³-hybridized carbons (Fsp3) is 1.00. The van der Waals surface area contributed by atoms with E-state index in [1.54, 1.807) is 7.11 Å². The molecule has 0 saturated carbocycles. The van der Waals surface area contributed by atoms with Crippen molar-refractivity contribution in [2.45, 2.75) is 51.2 Å². The molecule has 0 spiro atoms. The molecule has 1 N–H and O–H groups in total. The van der Waals surface area contributed by atoms with Crippen molar-refractivity contribution in [1.82, 2.24) is 10.2 Å². The molecule has 0 aromatic carbocycles. The summed E-state index contributed by atoms with van der Waals surface area (Å²) in [6, 6.07) is 0.784. The van der Waals surface area contributed by atoms with Gasteiger partial charge in [0.1, 0.15) is 0 Å². The first-order chi connectivity index (χ1) is 7.55. The zero-order valence-corrected chi connectivity index (χ0v) is 11.4. The first-order valence-electron chi connectivity index (χ1n) is 6.51. The smallest absolute Gasteiger partial charge is 0.0746 e. The average molecular weight is 228 g/mol. The number of hydrogen-bond acceptors (Lipinski definition) is 3. The summed E-state index contributed by atoms with van der Waals surface area (Å²) in [6.45, 7) is 7.54. The molecule has 0 aromatic rings. The number of piperidine rings is 1. The van der Waals surface area contributed by atoms with Crippen molar-refractivity contribution in [3.8, 4) is 0 Å². The Morgan fingerprint density at radius 3 is 2.75 bits per heavy atom. The molecule has 0 aromatic heterocycles. The number of hydrogen-bond donors (Lipinski definition) is 1. The third kappa shape index (κ3) is 4.81. The van der Waals surface area contributed by atoms with Crippen LogP contribution in [0.15, 0.2) is 0 Å². The van der Waals surface area contributed by atoms with E-state index in [2.05, 4.69) is 31.1 Å². The molecule has 96 valence electrons. The first-order valence-corrected chi connectivity index (χ1v) is 6.51. The van der Waals surface area contributed by atoms with Crippen molar-refractivity contribution in [3.05, 3.63) is 0 Å². The summed E-state index contributed by atoms with van der Waals surface area (Å²) in [5, 5.41) is 3.49. The van der Waals surface area contributed by atoms with Crippen molar-refractivity contribution < 1.29 is 4.74 Å². The van der Waals surface area contributed by atoms with Gasteiger partial charge < -0.3 is 15.0 Å². The van der Waals surface area contributed by atoms with Crippen molar-refractivity contribution >= 4 is 0 Å². The second kappa shape index (κ2) is 6.58. The lowest BCUT2D eigenvalue weighted by Gasteiger charge is -2.33. The van der Waals surface area contributed by atoms with Crippen molar-refractivity contribution in [1.29, 1.82) is 0 Å². The molecule has 0 radical (unpaired) electrons. The van der Waals surface area contributed by atoms with E-state index in [0.29, 0.717) is 0 Å². The van der Waals surface area contributed by atoms with Crippen LogP contribution in [-0.2, 0) is 4.74 Å².